The maximum atomic E-state index is 12.3. The molecule has 4 nitrogen and oxygen atoms in total. The van der Waals surface area contributed by atoms with Gasteiger partial charge in [0.05, 0.1) is 13.2 Å². The summed E-state index contributed by atoms with van der Waals surface area (Å²) < 4.78 is 34.2. The number of hydroxylamine groups is 1. The molecule has 1 N–H and O–H groups in total. The van der Waals surface area contributed by atoms with Crippen molar-refractivity contribution < 1.29 is 23.1 Å². The Morgan fingerprint density at radius 1 is 1.20 bits per heavy atom. The second-order valence-electron chi connectivity index (χ2n) is 4.62. The Hall–Kier alpha value is -1.40. The molecule has 1 aromatic carbocycles. The number of halogens is 2. The van der Waals surface area contributed by atoms with Gasteiger partial charge in [-0.3, -0.25) is 0 Å². The molecule has 0 spiro atoms. The van der Waals surface area contributed by atoms with Crippen LogP contribution in [0.2, 0.25) is 0 Å². The Balaban J connectivity index is 2.62. The van der Waals surface area contributed by atoms with Crippen LogP contribution in [-0.2, 0) is 11.4 Å². The van der Waals surface area contributed by atoms with Crippen LogP contribution < -0.4 is 15.0 Å². The van der Waals surface area contributed by atoms with Crippen molar-refractivity contribution in [1.82, 2.24) is 5.48 Å². The van der Waals surface area contributed by atoms with Gasteiger partial charge in [-0.25, -0.2) is 0 Å². The molecule has 0 bridgehead atoms. The number of hydrogen-bond donors (Lipinski definition) is 1. The smallest absolute Gasteiger partial charge is 0.387 e. The molecule has 0 aromatic heterocycles. The van der Waals surface area contributed by atoms with Crippen LogP contribution in [0.15, 0.2) is 18.2 Å². The molecular weight excluding hydrogens is 268 g/mol. The fourth-order valence-corrected chi connectivity index (χ4v) is 1.48. The summed E-state index contributed by atoms with van der Waals surface area (Å²) in [5.74, 6) is 0.771. The predicted octanol–water partition coefficient (Wildman–Crippen LogP) is 3.36. The number of rotatable bonds is 9. The zero-order chi connectivity index (χ0) is 15.0. The van der Waals surface area contributed by atoms with Crippen molar-refractivity contribution in [2.75, 3.05) is 13.2 Å². The highest BCUT2D eigenvalue weighted by Gasteiger charge is 2.11. The molecule has 1 aromatic rings. The molecule has 0 amide bonds. The summed E-state index contributed by atoms with van der Waals surface area (Å²) >= 11 is 0. The molecule has 1 rings (SSSR count). The lowest BCUT2D eigenvalue weighted by Crippen LogP contribution is -2.17. The Bertz CT molecular complexity index is 400. The maximum absolute atomic E-state index is 12.3. The maximum Gasteiger partial charge on any atom is 0.387 e. The highest BCUT2D eigenvalue weighted by atomic mass is 19.3. The van der Waals surface area contributed by atoms with E-state index < -0.39 is 6.61 Å². The molecule has 20 heavy (non-hydrogen) atoms. The molecule has 0 aliphatic rings. The van der Waals surface area contributed by atoms with Crippen molar-refractivity contribution in [2.24, 2.45) is 5.92 Å². The first-order valence-corrected chi connectivity index (χ1v) is 6.58. The molecule has 6 heteroatoms. The van der Waals surface area contributed by atoms with Gasteiger partial charge in [-0.05, 0) is 30.5 Å². The van der Waals surface area contributed by atoms with E-state index in [-0.39, 0.29) is 5.75 Å². The van der Waals surface area contributed by atoms with Gasteiger partial charge in [-0.2, -0.15) is 14.3 Å². The summed E-state index contributed by atoms with van der Waals surface area (Å²) in [4.78, 5) is 5.25. The molecule has 0 saturated carbocycles. The Labute approximate surface area is 118 Å². The molecule has 0 aliphatic carbocycles. The van der Waals surface area contributed by atoms with Crippen LogP contribution in [0.5, 0.6) is 11.5 Å². The Kier molecular flexibility index (Phi) is 7.25. The second kappa shape index (κ2) is 8.71. The average Bonchev–Trinajstić information content (AvgIpc) is 2.37. The summed E-state index contributed by atoms with van der Waals surface area (Å²) in [6.45, 7) is 4.44. The summed E-state index contributed by atoms with van der Waals surface area (Å²) in [6.07, 6.45) is 0. The molecule has 0 atom stereocenters. The van der Waals surface area contributed by atoms with Gasteiger partial charge >= 0.3 is 6.61 Å². The van der Waals surface area contributed by atoms with Crippen LogP contribution in [0.4, 0.5) is 8.78 Å². The van der Waals surface area contributed by atoms with Crippen LogP contribution >= 0.6 is 0 Å². The fraction of sp³-hybridized carbons (Fsp3) is 0.571. The third-order valence-electron chi connectivity index (χ3n) is 2.32. The monoisotopic (exact) mass is 289 g/mol. The zero-order valence-corrected chi connectivity index (χ0v) is 12.0. The molecule has 0 heterocycles. The van der Waals surface area contributed by atoms with Gasteiger partial charge in [0.1, 0.15) is 0 Å². The number of benzene rings is 1. The second-order valence-corrected chi connectivity index (χ2v) is 4.62. The lowest BCUT2D eigenvalue weighted by Gasteiger charge is -2.13. The van der Waals surface area contributed by atoms with Crippen LogP contribution in [0.25, 0.3) is 0 Å². The van der Waals surface area contributed by atoms with E-state index in [9.17, 15) is 8.78 Å². The normalized spacial score (nSPS) is 11.2. The van der Waals surface area contributed by atoms with Crippen LogP contribution in [0.3, 0.4) is 0 Å². The van der Waals surface area contributed by atoms with Gasteiger partial charge < -0.3 is 14.3 Å². The number of hydrogen-bond acceptors (Lipinski definition) is 4. The summed E-state index contributed by atoms with van der Waals surface area (Å²) in [5.41, 5.74) is 3.68. The van der Waals surface area contributed by atoms with E-state index in [0.717, 1.165) is 5.56 Å². The Morgan fingerprint density at radius 3 is 2.55 bits per heavy atom. The standard InChI is InChI=1S/C14H21F2NO3/c1-4-18-13-7-11(8-17-19-9-10(2)3)5-6-12(13)20-14(15)16/h5-7,10,14,17H,4,8-9H2,1-3H3. The summed E-state index contributed by atoms with van der Waals surface area (Å²) in [7, 11) is 0. The first kappa shape index (κ1) is 16.7. The number of nitrogens with one attached hydrogen (secondary N) is 1. The SMILES string of the molecule is CCOc1cc(CNOCC(C)C)ccc1OC(F)F. The quantitative estimate of drug-likeness (QED) is 0.559. The molecule has 0 unspecified atom stereocenters. The first-order chi connectivity index (χ1) is 9.52. The van der Waals surface area contributed by atoms with Crippen molar-refractivity contribution >= 4 is 0 Å². The van der Waals surface area contributed by atoms with Gasteiger partial charge in [0.25, 0.3) is 0 Å². The van der Waals surface area contributed by atoms with Crippen LogP contribution in [-0.4, -0.2) is 19.8 Å². The molecular formula is C14H21F2NO3. The van der Waals surface area contributed by atoms with Gasteiger partial charge in [0.2, 0.25) is 0 Å². The predicted molar refractivity (Wildman–Crippen MR) is 71.9 cm³/mol. The van der Waals surface area contributed by atoms with Crippen LogP contribution in [0.1, 0.15) is 26.3 Å². The van der Waals surface area contributed by atoms with Crippen molar-refractivity contribution in [1.29, 1.82) is 0 Å². The average molecular weight is 289 g/mol. The van der Waals surface area contributed by atoms with E-state index in [1.54, 1.807) is 19.1 Å². The summed E-state index contributed by atoms with van der Waals surface area (Å²) in [6, 6.07) is 4.82. The lowest BCUT2D eigenvalue weighted by atomic mass is 10.2. The van der Waals surface area contributed by atoms with Crippen molar-refractivity contribution in [3.8, 4) is 11.5 Å². The largest absolute Gasteiger partial charge is 0.490 e. The van der Waals surface area contributed by atoms with Crippen LogP contribution in [0, 0.1) is 5.92 Å². The minimum absolute atomic E-state index is 0.0358. The third kappa shape index (κ3) is 6.16. The van der Waals surface area contributed by atoms with E-state index in [1.807, 2.05) is 13.8 Å². The summed E-state index contributed by atoms with van der Waals surface area (Å²) in [5, 5.41) is 0. The zero-order valence-electron chi connectivity index (χ0n) is 12.0. The third-order valence-corrected chi connectivity index (χ3v) is 2.32. The molecule has 0 saturated heterocycles. The van der Waals surface area contributed by atoms with Gasteiger partial charge in [0, 0.05) is 6.54 Å². The van der Waals surface area contributed by atoms with Gasteiger partial charge in [0.15, 0.2) is 11.5 Å². The minimum atomic E-state index is -2.87. The van der Waals surface area contributed by atoms with Gasteiger partial charge in [-0.15, -0.1) is 0 Å². The fourth-order valence-electron chi connectivity index (χ4n) is 1.48. The Morgan fingerprint density at radius 2 is 1.95 bits per heavy atom. The van der Waals surface area contributed by atoms with E-state index in [4.69, 9.17) is 9.57 Å². The molecule has 114 valence electrons. The van der Waals surface area contributed by atoms with Crippen molar-refractivity contribution in [3.05, 3.63) is 23.8 Å². The molecule has 0 fully saturated rings. The molecule has 0 aliphatic heterocycles. The highest BCUT2D eigenvalue weighted by molar-refractivity contribution is 5.43. The lowest BCUT2D eigenvalue weighted by molar-refractivity contribution is -0.0514. The van der Waals surface area contributed by atoms with E-state index in [2.05, 4.69) is 10.2 Å². The minimum Gasteiger partial charge on any atom is -0.490 e. The number of ether oxygens (including phenoxy) is 2. The molecule has 0 radical (unpaired) electrons. The van der Waals surface area contributed by atoms with E-state index >= 15 is 0 Å². The van der Waals surface area contributed by atoms with Gasteiger partial charge in [-0.1, -0.05) is 19.9 Å². The van der Waals surface area contributed by atoms with E-state index in [0.29, 0.717) is 31.4 Å². The number of alkyl halides is 2. The highest BCUT2D eigenvalue weighted by Crippen LogP contribution is 2.29. The van der Waals surface area contributed by atoms with Crippen molar-refractivity contribution in [3.63, 3.8) is 0 Å². The van der Waals surface area contributed by atoms with Crippen molar-refractivity contribution in [2.45, 2.75) is 33.9 Å². The van der Waals surface area contributed by atoms with E-state index in [1.165, 1.54) is 6.07 Å². The topological polar surface area (TPSA) is 39.7 Å². The first-order valence-electron chi connectivity index (χ1n) is 6.58.